The molecule has 8 rings (SSSR count). The molecule has 0 spiro atoms. The summed E-state index contributed by atoms with van der Waals surface area (Å²) in [6, 6.07) is 10.5. The maximum atomic E-state index is 13.6. The van der Waals surface area contributed by atoms with Crippen molar-refractivity contribution < 1.29 is 55.1 Å². The summed E-state index contributed by atoms with van der Waals surface area (Å²) in [5.74, 6) is -12.7. The van der Waals surface area contributed by atoms with Crippen LogP contribution in [0.4, 0.5) is 37.7 Å². The molecule has 0 bridgehead atoms. The van der Waals surface area contributed by atoms with Crippen LogP contribution in [-0.2, 0) is 39.6 Å². The number of likely N-dealkylation sites (tertiary alicyclic amines) is 2. The van der Waals surface area contributed by atoms with E-state index in [2.05, 4.69) is 41.5 Å². The van der Waals surface area contributed by atoms with E-state index in [1.165, 1.54) is 46.5 Å². The van der Waals surface area contributed by atoms with Crippen molar-refractivity contribution >= 4 is 98.4 Å². The second kappa shape index (κ2) is 25.4. The first kappa shape index (κ1) is 63.8. The number of ketones is 2. The standard InChI is InChI=1S/2C21H19F3N6O3.2CH4.2ClH.2H2S/c2*22-15-2-1-14(5-13(15)7-25)27-18(32)12-3-4-30(9-12)19(33)16(31)6-20(10-21(23,24)11-20)17-8-26-29-28-17;;;;;;/h2*1-2,5,8,12H,3-4,6,9-11H2,(H,27,32)(H,26,28,29);2*1H4;2*1H;2*1H2/t2*12-;;;;;;/m00....../s1. The molecule has 18 nitrogen and oxygen atoms in total. The lowest BCUT2D eigenvalue weighted by molar-refractivity contribution is -0.153. The Labute approximate surface area is 435 Å². The fourth-order valence-corrected chi connectivity index (χ4v) is 8.89. The van der Waals surface area contributed by atoms with E-state index in [1.54, 1.807) is 12.1 Å². The first-order valence-electron chi connectivity index (χ1n) is 20.4. The van der Waals surface area contributed by atoms with Crippen LogP contribution in [0.25, 0.3) is 0 Å². The number of benzene rings is 2. The Hall–Kier alpha value is -6.22. The highest BCUT2D eigenvalue weighted by atomic mass is 35.5. The van der Waals surface area contributed by atoms with Gasteiger partial charge in [0.1, 0.15) is 23.8 Å². The summed E-state index contributed by atoms with van der Waals surface area (Å²) >= 11 is 0. The lowest BCUT2D eigenvalue weighted by atomic mass is 9.61. The molecule has 2 aromatic heterocycles. The first-order valence-corrected chi connectivity index (χ1v) is 20.4. The van der Waals surface area contributed by atoms with Gasteiger partial charge in [-0.25, -0.2) is 26.3 Å². The van der Waals surface area contributed by atoms with E-state index < -0.39 is 120 Å². The van der Waals surface area contributed by atoms with Gasteiger partial charge in [0.05, 0.1) is 46.7 Å². The summed E-state index contributed by atoms with van der Waals surface area (Å²) < 4.78 is 81.4. The number of hydrogen-bond acceptors (Lipinski definition) is 12. The minimum atomic E-state index is -2.94. The van der Waals surface area contributed by atoms with Gasteiger partial charge >= 0.3 is 0 Å². The van der Waals surface area contributed by atoms with E-state index in [1.807, 2.05) is 0 Å². The molecule has 0 radical (unpaired) electrons. The van der Waals surface area contributed by atoms with Gasteiger partial charge < -0.3 is 20.4 Å². The number of aromatic amines is 2. The van der Waals surface area contributed by atoms with E-state index in [0.717, 1.165) is 12.1 Å². The number of nitriles is 2. The molecule has 0 unspecified atom stereocenters. The number of rotatable bonds is 12. The van der Waals surface area contributed by atoms with E-state index in [4.69, 9.17) is 10.5 Å². The number of Topliss-reactive ketones (excluding diaryl/α,β-unsaturated/α-hetero) is 2. The number of nitrogens with zero attached hydrogens (tertiary/aromatic N) is 8. The van der Waals surface area contributed by atoms with Gasteiger partial charge in [0.15, 0.2) is 0 Å². The number of carbonyl (C=O) groups is 6. The molecular weight excluding hydrogens is 1040 g/mol. The number of amides is 4. The molecule has 4 N–H and O–H groups in total. The van der Waals surface area contributed by atoms with Gasteiger partial charge in [0.2, 0.25) is 35.2 Å². The molecule has 4 aliphatic rings. The van der Waals surface area contributed by atoms with Crippen molar-refractivity contribution in [1.82, 2.24) is 40.6 Å². The van der Waals surface area contributed by atoms with Gasteiger partial charge in [0.25, 0.3) is 11.8 Å². The van der Waals surface area contributed by atoms with E-state index >= 15 is 0 Å². The Bertz CT molecular complexity index is 2480. The number of halogens is 8. The van der Waals surface area contributed by atoms with Crippen molar-refractivity contribution in [3.8, 4) is 12.1 Å². The van der Waals surface area contributed by atoms with Gasteiger partial charge in [0, 0.05) is 86.9 Å². The van der Waals surface area contributed by atoms with Crippen molar-refractivity contribution in [2.75, 3.05) is 36.8 Å². The van der Waals surface area contributed by atoms with Crippen molar-refractivity contribution in [3.63, 3.8) is 0 Å². The van der Waals surface area contributed by atoms with Crippen LogP contribution in [0.3, 0.4) is 0 Å². The molecule has 72 heavy (non-hydrogen) atoms. The zero-order valence-electron chi connectivity index (χ0n) is 36.4. The highest BCUT2D eigenvalue weighted by Crippen LogP contribution is 2.56. The summed E-state index contributed by atoms with van der Waals surface area (Å²) in [4.78, 5) is 78.2. The number of anilines is 2. The Kier molecular flexibility index (Phi) is 22.5. The maximum absolute atomic E-state index is 13.6. The minimum Gasteiger partial charge on any atom is -0.335 e. The molecule has 4 amide bonds. The van der Waals surface area contributed by atoms with Gasteiger partial charge in [-0.15, -0.1) is 24.8 Å². The lowest BCUT2D eigenvalue weighted by Gasteiger charge is -2.45. The van der Waals surface area contributed by atoms with Crippen molar-refractivity contribution in [2.45, 2.75) is 88.9 Å². The van der Waals surface area contributed by atoms with Crippen molar-refractivity contribution in [1.29, 1.82) is 10.5 Å². The van der Waals surface area contributed by atoms with Crippen LogP contribution in [-0.4, -0.2) is 114 Å². The quantitative estimate of drug-likeness (QED) is 0.0913. The monoisotopic (exact) mass is 1090 g/mol. The predicted octanol–water partition coefficient (Wildman–Crippen LogP) is 6.20. The minimum absolute atomic E-state index is 0. The van der Waals surface area contributed by atoms with Gasteiger partial charge in [-0.05, 0) is 49.2 Å². The largest absolute Gasteiger partial charge is 0.335 e. The van der Waals surface area contributed by atoms with Crippen LogP contribution in [0, 0.1) is 46.1 Å². The number of carbonyl (C=O) groups excluding carboxylic acids is 6. The number of alkyl halides is 4. The van der Waals surface area contributed by atoms with Gasteiger partial charge in [-0.3, -0.25) is 28.8 Å². The summed E-state index contributed by atoms with van der Waals surface area (Å²) in [6.45, 7) is 0.275. The van der Waals surface area contributed by atoms with Crippen molar-refractivity contribution in [2.24, 2.45) is 11.8 Å². The molecular formula is C44H52Cl2F6N12O6S2. The molecule has 2 atom stereocenters. The maximum Gasteiger partial charge on any atom is 0.289 e. The SMILES string of the molecule is C.C.Cl.Cl.N#Cc1cc(NC(=O)[C@H]2CCN(C(=O)C(=O)CC3(c4cn[nH]n4)CC(F)(F)C3)C2)ccc1F.N#Cc1cc(NC(=O)[C@H]2CCN(C(=O)C(=O)CC3(c4cn[nH]n4)CC(F)(F)C3)C2)ccc1F.S.S. The third-order valence-electron chi connectivity index (χ3n) is 12.2. The topological polar surface area (TPSA) is 264 Å². The third-order valence-corrected chi connectivity index (χ3v) is 12.2. The van der Waals surface area contributed by atoms with Gasteiger partial charge in [-0.1, -0.05) is 14.9 Å². The van der Waals surface area contributed by atoms with Crippen LogP contribution in [0.15, 0.2) is 48.8 Å². The normalized spacial score (nSPS) is 18.8. The molecule has 4 heterocycles. The second-order valence-corrected chi connectivity index (χ2v) is 17.0. The molecule has 2 saturated carbocycles. The van der Waals surface area contributed by atoms with Crippen LogP contribution < -0.4 is 10.6 Å². The Balaban J connectivity index is 0.000000665. The summed E-state index contributed by atoms with van der Waals surface area (Å²) in [5, 5.41) is 42.5. The molecule has 4 fully saturated rings. The first-order chi connectivity index (χ1) is 31.2. The van der Waals surface area contributed by atoms with Crippen LogP contribution in [0.5, 0.6) is 0 Å². The fraction of sp³-hybridized carbons (Fsp3) is 0.455. The Morgan fingerprint density at radius 2 is 0.986 bits per heavy atom. The average Bonchev–Trinajstić information content (AvgIpc) is 4.11. The predicted molar refractivity (Wildman–Crippen MR) is 261 cm³/mol. The highest BCUT2D eigenvalue weighted by molar-refractivity contribution is 7.59. The molecule has 4 aromatic rings. The molecule has 2 aliphatic carbocycles. The van der Waals surface area contributed by atoms with Crippen LogP contribution in [0.1, 0.15) is 88.7 Å². The zero-order valence-corrected chi connectivity index (χ0v) is 40.0. The lowest BCUT2D eigenvalue weighted by Crippen LogP contribution is -2.52. The molecule has 28 heteroatoms. The highest BCUT2D eigenvalue weighted by Gasteiger charge is 2.61. The van der Waals surface area contributed by atoms with Crippen LogP contribution >= 0.6 is 51.8 Å². The second-order valence-electron chi connectivity index (χ2n) is 17.0. The molecule has 392 valence electrons. The average molecular weight is 1090 g/mol. The summed E-state index contributed by atoms with van der Waals surface area (Å²) in [6.07, 6.45) is -0.0997. The Morgan fingerprint density at radius 1 is 0.639 bits per heavy atom. The van der Waals surface area contributed by atoms with Gasteiger partial charge in [-0.2, -0.15) is 68.3 Å². The molecule has 2 aliphatic heterocycles. The van der Waals surface area contributed by atoms with E-state index in [0.29, 0.717) is 12.8 Å². The van der Waals surface area contributed by atoms with E-state index in [9.17, 15) is 55.1 Å². The number of hydrogen-bond donors (Lipinski definition) is 4. The fourth-order valence-electron chi connectivity index (χ4n) is 8.89. The molecule has 2 aromatic carbocycles. The Morgan fingerprint density at radius 3 is 1.28 bits per heavy atom. The molecule has 2 saturated heterocycles. The van der Waals surface area contributed by atoms with Crippen molar-refractivity contribution in [3.05, 3.63) is 82.9 Å². The number of aromatic nitrogens is 6. The smallest absolute Gasteiger partial charge is 0.289 e. The summed E-state index contributed by atoms with van der Waals surface area (Å²) in [7, 11) is 0. The summed E-state index contributed by atoms with van der Waals surface area (Å²) in [5.41, 5.74) is -2.04. The zero-order chi connectivity index (χ0) is 47.6. The van der Waals surface area contributed by atoms with E-state index in [-0.39, 0.29) is 127 Å². The number of nitrogens with one attached hydrogen (secondary N) is 4. The third kappa shape index (κ3) is 14.0. The number of H-pyrrole nitrogens is 2. The van der Waals surface area contributed by atoms with Crippen LogP contribution in [0.2, 0.25) is 0 Å².